The molecule has 68 heavy (non-hydrogen) atoms. The Balaban J connectivity index is 0.977. The molecule has 0 heterocycles. The first-order valence-electron chi connectivity index (χ1n) is 23.6. The molecule has 1 aliphatic rings. The second-order valence-corrected chi connectivity index (χ2v) is 18.0. The first-order valence-corrected chi connectivity index (χ1v) is 23.6. The summed E-state index contributed by atoms with van der Waals surface area (Å²) < 4.78 is 0. The Morgan fingerprint density at radius 2 is 0.750 bits per heavy atom. The van der Waals surface area contributed by atoms with Crippen LogP contribution in [0.3, 0.4) is 0 Å². The summed E-state index contributed by atoms with van der Waals surface area (Å²) in [5.41, 5.74) is 17.7. The summed E-state index contributed by atoms with van der Waals surface area (Å²) in [5, 5.41) is 7.48. The molecule has 1 heteroatoms. The predicted octanol–water partition coefficient (Wildman–Crippen LogP) is 18.0. The second-order valence-electron chi connectivity index (χ2n) is 18.0. The number of nitrogens with zero attached hydrogens (tertiary/aromatic N) is 1. The minimum absolute atomic E-state index is 0.519. The van der Waals surface area contributed by atoms with E-state index in [1.54, 1.807) is 0 Å². The zero-order valence-corrected chi connectivity index (χ0v) is 37.4. The first kappa shape index (κ1) is 39.6. The Bertz CT molecular complexity index is 3710. The van der Waals surface area contributed by atoms with Crippen LogP contribution in [-0.2, 0) is 5.41 Å². The van der Waals surface area contributed by atoms with E-state index in [0.717, 1.165) is 17.1 Å². The van der Waals surface area contributed by atoms with Crippen molar-refractivity contribution in [1.29, 1.82) is 0 Å². The number of benzene rings is 12. The molecule has 0 fully saturated rings. The largest absolute Gasteiger partial charge is 0.310 e. The topological polar surface area (TPSA) is 3.24 Å². The maximum atomic E-state index is 2.41. The molecule has 0 saturated carbocycles. The van der Waals surface area contributed by atoms with Gasteiger partial charge in [-0.25, -0.2) is 0 Å². The summed E-state index contributed by atoms with van der Waals surface area (Å²) in [5.74, 6) is 0. The average molecular weight is 864 g/mol. The minimum Gasteiger partial charge on any atom is -0.310 e. The minimum atomic E-state index is -0.519. The van der Waals surface area contributed by atoms with Gasteiger partial charge in [0.05, 0.1) is 5.41 Å². The number of anilines is 3. The highest BCUT2D eigenvalue weighted by Crippen LogP contribution is 2.58. The summed E-state index contributed by atoms with van der Waals surface area (Å²) in [7, 11) is 0. The van der Waals surface area contributed by atoms with Gasteiger partial charge in [0.2, 0.25) is 0 Å². The Labute approximate surface area is 397 Å². The molecule has 1 atom stereocenters. The van der Waals surface area contributed by atoms with E-state index in [1.807, 2.05) is 0 Å². The lowest BCUT2D eigenvalue weighted by molar-refractivity contribution is 0.770. The van der Waals surface area contributed by atoms with Crippen molar-refractivity contribution in [3.05, 3.63) is 295 Å². The molecule has 12 aromatic rings. The molecule has 12 aromatic carbocycles. The van der Waals surface area contributed by atoms with Gasteiger partial charge in [0, 0.05) is 17.1 Å². The molecule has 0 aliphatic heterocycles. The average Bonchev–Trinajstić information content (AvgIpc) is 3.72. The van der Waals surface area contributed by atoms with Crippen LogP contribution < -0.4 is 4.90 Å². The fraction of sp³-hybridized carbons (Fsp3) is 0.0149. The van der Waals surface area contributed by atoms with Crippen molar-refractivity contribution < 1.29 is 0 Å². The quantitative estimate of drug-likeness (QED) is 0.147. The molecule has 0 amide bonds. The van der Waals surface area contributed by atoms with Crippen LogP contribution in [-0.4, -0.2) is 0 Å². The third kappa shape index (κ3) is 6.39. The molecule has 0 bridgehead atoms. The van der Waals surface area contributed by atoms with Crippen LogP contribution >= 0.6 is 0 Å². The van der Waals surface area contributed by atoms with Gasteiger partial charge in [-0.05, 0) is 142 Å². The third-order valence-electron chi connectivity index (χ3n) is 14.3. The van der Waals surface area contributed by atoms with Gasteiger partial charge >= 0.3 is 0 Å². The van der Waals surface area contributed by atoms with Gasteiger partial charge < -0.3 is 4.90 Å². The van der Waals surface area contributed by atoms with Crippen LogP contribution in [0.1, 0.15) is 22.3 Å². The van der Waals surface area contributed by atoms with E-state index in [1.165, 1.54) is 99.1 Å². The van der Waals surface area contributed by atoms with Crippen LogP contribution in [0.5, 0.6) is 0 Å². The Morgan fingerprint density at radius 3 is 1.43 bits per heavy atom. The summed E-state index contributed by atoms with van der Waals surface area (Å²) in [6.45, 7) is 0. The van der Waals surface area contributed by atoms with Gasteiger partial charge in [0.1, 0.15) is 0 Å². The number of rotatable bonds is 8. The van der Waals surface area contributed by atoms with Gasteiger partial charge in [-0.15, -0.1) is 0 Å². The highest BCUT2D eigenvalue weighted by molar-refractivity contribution is 6.00. The van der Waals surface area contributed by atoms with Crippen LogP contribution in [0.25, 0.3) is 76.8 Å². The Morgan fingerprint density at radius 1 is 0.250 bits per heavy atom. The summed E-state index contributed by atoms with van der Waals surface area (Å²) in [6, 6.07) is 101. The van der Waals surface area contributed by atoms with Crippen molar-refractivity contribution in [3.63, 3.8) is 0 Å². The van der Waals surface area contributed by atoms with Crippen LogP contribution in [0.4, 0.5) is 17.1 Å². The first-order chi connectivity index (χ1) is 33.7. The van der Waals surface area contributed by atoms with Gasteiger partial charge in [-0.2, -0.15) is 0 Å². The molecule has 1 nitrogen and oxygen atoms in total. The van der Waals surface area contributed by atoms with E-state index in [9.17, 15) is 0 Å². The van der Waals surface area contributed by atoms with Gasteiger partial charge in [-0.1, -0.05) is 231 Å². The maximum absolute atomic E-state index is 2.41. The fourth-order valence-corrected chi connectivity index (χ4v) is 11.3. The van der Waals surface area contributed by atoms with E-state index in [-0.39, 0.29) is 0 Å². The van der Waals surface area contributed by atoms with E-state index in [4.69, 9.17) is 0 Å². The van der Waals surface area contributed by atoms with Crippen LogP contribution in [0, 0.1) is 0 Å². The van der Waals surface area contributed by atoms with Crippen molar-refractivity contribution in [2.45, 2.75) is 5.41 Å². The van der Waals surface area contributed by atoms with E-state index in [0.29, 0.717) is 0 Å². The molecule has 0 aromatic heterocycles. The Kier molecular flexibility index (Phi) is 9.47. The highest BCUT2D eigenvalue weighted by atomic mass is 15.1. The lowest BCUT2D eigenvalue weighted by Crippen LogP contribution is -2.28. The molecule has 0 N–H and O–H groups in total. The van der Waals surface area contributed by atoms with Gasteiger partial charge in [0.15, 0.2) is 0 Å². The zero-order chi connectivity index (χ0) is 45.0. The van der Waals surface area contributed by atoms with Crippen molar-refractivity contribution >= 4 is 49.4 Å². The molecule has 13 rings (SSSR count). The number of fused-ring (bicyclic) bond motifs is 6. The molecule has 1 unspecified atom stereocenters. The van der Waals surface area contributed by atoms with Gasteiger partial charge in [-0.3, -0.25) is 0 Å². The molecule has 0 saturated heterocycles. The molecule has 1 aliphatic carbocycles. The van der Waals surface area contributed by atoms with Crippen molar-refractivity contribution in [2.75, 3.05) is 4.90 Å². The van der Waals surface area contributed by atoms with E-state index < -0.39 is 5.41 Å². The van der Waals surface area contributed by atoms with Gasteiger partial charge in [0.25, 0.3) is 0 Å². The maximum Gasteiger partial charge on any atom is 0.0714 e. The lowest BCUT2D eigenvalue weighted by atomic mass is 9.67. The standard InChI is InChI=1S/C67H45N/c1-2-23-53(24-3-1)67(54-39-34-46-16-4-5-19-51(46)44-54)64-32-11-10-28-63(64)66-62(31-15-33-65(66)67)52-22-12-25-57(45-52)68(55-40-35-49(36-41-55)60-29-13-20-47-17-6-8-26-58(47)60)56-42-37-50(38-43-56)61-30-14-21-48-18-7-9-27-59(48)61/h1-45H. The second kappa shape index (κ2) is 16.3. The zero-order valence-electron chi connectivity index (χ0n) is 37.4. The summed E-state index contributed by atoms with van der Waals surface area (Å²) >= 11 is 0. The summed E-state index contributed by atoms with van der Waals surface area (Å²) in [6.07, 6.45) is 0. The molecular weight excluding hydrogens is 819 g/mol. The van der Waals surface area contributed by atoms with Crippen molar-refractivity contribution in [2.24, 2.45) is 0 Å². The smallest absolute Gasteiger partial charge is 0.0714 e. The predicted molar refractivity (Wildman–Crippen MR) is 287 cm³/mol. The molecule has 0 radical (unpaired) electrons. The molecule has 318 valence electrons. The monoisotopic (exact) mass is 863 g/mol. The molecular formula is C67H45N. The van der Waals surface area contributed by atoms with Crippen molar-refractivity contribution in [3.8, 4) is 44.5 Å². The SMILES string of the molecule is c1ccc(C2(c3ccc4ccccc4c3)c3ccccc3-c3c(-c4cccc(N(c5ccc(-c6cccc7ccccc67)cc5)c5ccc(-c6cccc7ccccc67)cc5)c4)cccc32)cc1. The van der Waals surface area contributed by atoms with Crippen molar-refractivity contribution in [1.82, 2.24) is 0 Å². The number of hydrogen-bond acceptors (Lipinski definition) is 1. The van der Waals surface area contributed by atoms with E-state index in [2.05, 4.69) is 278 Å². The normalized spacial score (nSPS) is 13.9. The third-order valence-corrected chi connectivity index (χ3v) is 14.3. The van der Waals surface area contributed by atoms with E-state index >= 15 is 0 Å². The fourth-order valence-electron chi connectivity index (χ4n) is 11.3. The number of hydrogen-bond donors (Lipinski definition) is 0. The van der Waals surface area contributed by atoms with Crippen LogP contribution in [0.2, 0.25) is 0 Å². The highest BCUT2D eigenvalue weighted by Gasteiger charge is 2.47. The summed E-state index contributed by atoms with van der Waals surface area (Å²) in [4.78, 5) is 2.41. The lowest BCUT2D eigenvalue weighted by Gasteiger charge is -2.34. The molecule has 0 spiro atoms. The van der Waals surface area contributed by atoms with Crippen LogP contribution in [0.15, 0.2) is 273 Å². The Hall–Kier alpha value is -8.78.